The number of amides is 1. The predicted molar refractivity (Wildman–Crippen MR) is 96.5 cm³/mol. The molecule has 0 fully saturated rings. The van der Waals surface area contributed by atoms with Crippen LogP contribution in [0, 0.1) is 5.41 Å². The Balaban J connectivity index is 2.51. The minimum Gasteiger partial charge on any atom is -0.503 e. The molecular weight excluding hydrogens is 318 g/mol. The van der Waals surface area contributed by atoms with Gasteiger partial charge in [-0.05, 0) is 31.0 Å². The van der Waals surface area contributed by atoms with E-state index in [2.05, 4.69) is 0 Å². The molecule has 0 spiro atoms. The number of carbonyl (C=O) groups is 2. The molecule has 1 aromatic rings. The highest BCUT2D eigenvalue weighted by Crippen LogP contribution is 2.41. The molecule has 2 rings (SSSR count). The predicted octanol–water partition coefficient (Wildman–Crippen LogP) is 3.81. The van der Waals surface area contributed by atoms with Gasteiger partial charge in [-0.25, -0.2) is 0 Å². The first-order valence-corrected chi connectivity index (χ1v) is 8.74. The van der Waals surface area contributed by atoms with Gasteiger partial charge in [0.15, 0.2) is 11.5 Å². The smallest absolute Gasteiger partial charge is 0.290 e. The summed E-state index contributed by atoms with van der Waals surface area (Å²) in [6.45, 7) is 10.3. The second kappa shape index (κ2) is 7.30. The third-order valence-electron chi connectivity index (χ3n) is 4.20. The van der Waals surface area contributed by atoms with Crippen LogP contribution in [0.3, 0.4) is 0 Å². The second-order valence-electron chi connectivity index (χ2n) is 7.24. The lowest BCUT2D eigenvalue weighted by Gasteiger charge is -2.28. The zero-order valence-electron chi connectivity index (χ0n) is 15.6. The van der Waals surface area contributed by atoms with Gasteiger partial charge < -0.3 is 14.7 Å². The van der Waals surface area contributed by atoms with E-state index < -0.39 is 23.1 Å². The molecule has 0 aliphatic carbocycles. The lowest BCUT2D eigenvalue weighted by atomic mass is 9.82. The molecule has 1 atom stereocenters. The normalized spacial score (nSPS) is 18.0. The number of nitrogens with zero attached hydrogens (tertiary/aromatic N) is 1. The van der Waals surface area contributed by atoms with Gasteiger partial charge in [-0.2, -0.15) is 0 Å². The summed E-state index contributed by atoms with van der Waals surface area (Å²) in [5.74, 6) is -0.383. The van der Waals surface area contributed by atoms with Crippen LogP contribution >= 0.6 is 0 Å². The Morgan fingerprint density at radius 3 is 2.28 bits per heavy atom. The number of Topliss-reactive ketones (excluding diaryl/α,β-unsaturated/α-hetero) is 1. The summed E-state index contributed by atoms with van der Waals surface area (Å²) in [6.07, 6.45) is 0.740. The van der Waals surface area contributed by atoms with E-state index in [0.29, 0.717) is 13.2 Å². The molecular formula is C20H27NO4. The van der Waals surface area contributed by atoms with Gasteiger partial charge in [-0.15, -0.1) is 0 Å². The van der Waals surface area contributed by atoms with Gasteiger partial charge in [0.05, 0.1) is 18.2 Å². The minimum absolute atomic E-state index is 0.190. The van der Waals surface area contributed by atoms with Crippen molar-refractivity contribution in [1.82, 2.24) is 4.90 Å². The van der Waals surface area contributed by atoms with Gasteiger partial charge in [-0.3, -0.25) is 9.59 Å². The van der Waals surface area contributed by atoms with Crippen LogP contribution in [-0.4, -0.2) is 34.8 Å². The number of ketones is 1. The highest BCUT2D eigenvalue weighted by molar-refractivity contribution is 6.10. The second-order valence-corrected chi connectivity index (χ2v) is 7.24. The molecule has 136 valence electrons. The standard InChI is InChI=1S/C20H27NO4/c1-6-12-21-16(13-8-10-14(11-9-13)25-7-2)15(17(22)19(21)24)18(23)20(3,4)5/h8-11,16,22H,6-7,12H2,1-5H3. The number of ether oxygens (including phenoxy) is 1. The molecule has 1 aromatic carbocycles. The van der Waals surface area contributed by atoms with Crippen LogP contribution in [0.2, 0.25) is 0 Å². The van der Waals surface area contributed by atoms with Gasteiger partial charge in [0.25, 0.3) is 5.91 Å². The largest absolute Gasteiger partial charge is 0.503 e. The Bertz CT molecular complexity index is 683. The molecule has 1 aliphatic heterocycles. The average Bonchev–Trinajstić information content (AvgIpc) is 2.79. The third kappa shape index (κ3) is 3.70. The maximum absolute atomic E-state index is 12.9. The summed E-state index contributed by atoms with van der Waals surface area (Å²) in [5, 5.41) is 10.4. The van der Waals surface area contributed by atoms with Crippen LogP contribution in [0.25, 0.3) is 0 Å². The first-order valence-electron chi connectivity index (χ1n) is 8.74. The summed E-state index contributed by atoms with van der Waals surface area (Å²) in [5.41, 5.74) is 0.298. The molecule has 0 aromatic heterocycles. The van der Waals surface area contributed by atoms with Gasteiger partial charge >= 0.3 is 0 Å². The Labute approximate surface area is 149 Å². The van der Waals surface area contributed by atoms with E-state index in [4.69, 9.17) is 4.74 Å². The summed E-state index contributed by atoms with van der Waals surface area (Å²) >= 11 is 0. The van der Waals surface area contributed by atoms with Crippen molar-refractivity contribution in [3.8, 4) is 5.75 Å². The van der Waals surface area contributed by atoms with E-state index in [9.17, 15) is 14.7 Å². The third-order valence-corrected chi connectivity index (χ3v) is 4.20. The van der Waals surface area contributed by atoms with Crippen LogP contribution in [0.4, 0.5) is 0 Å². The van der Waals surface area contributed by atoms with E-state index >= 15 is 0 Å². The topological polar surface area (TPSA) is 66.8 Å². The maximum atomic E-state index is 12.9. The van der Waals surface area contributed by atoms with Crippen LogP contribution in [0.1, 0.15) is 52.6 Å². The molecule has 1 heterocycles. The van der Waals surface area contributed by atoms with Crippen molar-refractivity contribution in [2.75, 3.05) is 13.2 Å². The first kappa shape index (κ1) is 19.0. The van der Waals surface area contributed by atoms with Gasteiger partial charge in [0.1, 0.15) is 5.75 Å². The Morgan fingerprint density at radius 2 is 1.80 bits per heavy atom. The number of aliphatic hydroxyl groups is 1. The summed E-state index contributed by atoms with van der Waals surface area (Å²) in [6, 6.07) is 6.78. The number of benzene rings is 1. The van der Waals surface area contributed by atoms with Gasteiger partial charge in [0.2, 0.25) is 0 Å². The van der Waals surface area contributed by atoms with Crippen molar-refractivity contribution in [1.29, 1.82) is 0 Å². The van der Waals surface area contributed by atoms with Crippen molar-refractivity contribution in [3.63, 3.8) is 0 Å². The fraction of sp³-hybridized carbons (Fsp3) is 0.500. The zero-order chi connectivity index (χ0) is 18.8. The Morgan fingerprint density at radius 1 is 1.20 bits per heavy atom. The molecule has 0 radical (unpaired) electrons. The summed E-state index contributed by atoms with van der Waals surface area (Å²) in [4.78, 5) is 27.0. The summed E-state index contributed by atoms with van der Waals surface area (Å²) in [7, 11) is 0. The zero-order valence-corrected chi connectivity index (χ0v) is 15.6. The van der Waals surface area contributed by atoms with Gasteiger partial charge in [-0.1, -0.05) is 39.8 Å². The fourth-order valence-corrected chi connectivity index (χ4v) is 3.02. The molecule has 1 amide bonds. The van der Waals surface area contributed by atoms with Crippen LogP contribution < -0.4 is 4.74 Å². The van der Waals surface area contributed by atoms with Crippen molar-refractivity contribution in [2.24, 2.45) is 5.41 Å². The highest BCUT2D eigenvalue weighted by atomic mass is 16.5. The van der Waals surface area contributed by atoms with Crippen LogP contribution in [-0.2, 0) is 9.59 Å². The molecule has 25 heavy (non-hydrogen) atoms. The number of aliphatic hydroxyl groups excluding tert-OH is 1. The van der Waals surface area contributed by atoms with E-state index in [1.807, 2.05) is 38.1 Å². The lowest BCUT2D eigenvalue weighted by molar-refractivity contribution is -0.129. The van der Waals surface area contributed by atoms with Gasteiger partial charge in [0, 0.05) is 12.0 Å². The highest BCUT2D eigenvalue weighted by Gasteiger charge is 2.45. The van der Waals surface area contributed by atoms with E-state index in [-0.39, 0.29) is 11.4 Å². The molecule has 0 bridgehead atoms. The fourth-order valence-electron chi connectivity index (χ4n) is 3.02. The molecule has 0 saturated heterocycles. The number of carbonyl (C=O) groups excluding carboxylic acids is 2. The molecule has 1 aliphatic rings. The average molecular weight is 345 g/mol. The maximum Gasteiger partial charge on any atom is 0.290 e. The van der Waals surface area contributed by atoms with E-state index in [1.54, 1.807) is 25.7 Å². The summed E-state index contributed by atoms with van der Waals surface area (Å²) < 4.78 is 5.46. The Hall–Kier alpha value is -2.30. The van der Waals surface area contributed by atoms with Crippen LogP contribution in [0.5, 0.6) is 5.75 Å². The lowest BCUT2D eigenvalue weighted by Crippen LogP contribution is -2.33. The minimum atomic E-state index is -0.685. The van der Waals surface area contributed by atoms with Crippen LogP contribution in [0.15, 0.2) is 35.6 Å². The monoisotopic (exact) mass is 345 g/mol. The number of rotatable bonds is 6. The van der Waals surface area contributed by atoms with Crippen molar-refractivity contribution in [2.45, 2.75) is 47.1 Å². The molecule has 5 nitrogen and oxygen atoms in total. The number of hydrogen-bond acceptors (Lipinski definition) is 4. The van der Waals surface area contributed by atoms with Crippen molar-refractivity contribution in [3.05, 3.63) is 41.2 Å². The SMILES string of the molecule is CCCN1C(=O)C(O)=C(C(=O)C(C)(C)C)C1c1ccc(OCC)cc1. The molecule has 1 N–H and O–H groups in total. The molecule has 1 unspecified atom stereocenters. The van der Waals surface area contributed by atoms with Crippen molar-refractivity contribution >= 4 is 11.7 Å². The quantitative estimate of drug-likeness (QED) is 0.851. The first-order chi connectivity index (χ1) is 11.7. The molecule has 5 heteroatoms. The van der Waals surface area contributed by atoms with Crippen molar-refractivity contribution < 1.29 is 19.4 Å². The van der Waals surface area contributed by atoms with E-state index in [1.165, 1.54) is 0 Å². The van der Waals surface area contributed by atoms with E-state index in [0.717, 1.165) is 17.7 Å². The Kier molecular flexibility index (Phi) is 5.55. The number of hydrogen-bond donors (Lipinski definition) is 1. The molecule has 0 saturated carbocycles.